The standard InChI is InChI=1S/C7H12O2/c1-6(2)5(8)7(3,4)9-6/h1-4H3. The first kappa shape index (κ1) is 6.75. The van der Waals surface area contributed by atoms with Gasteiger partial charge in [-0.25, -0.2) is 0 Å². The summed E-state index contributed by atoms with van der Waals surface area (Å²) in [5.41, 5.74) is -1.05. The fourth-order valence-corrected chi connectivity index (χ4v) is 1.41. The van der Waals surface area contributed by atoms with Crippen LogP contribution >= 0.6 is 0 Å². The summed E-state index contributed by atoms with van der Waals surface area (Å²) in [4.78, 5) is 11.1. The second kappa shape index (κ2) is 1.37. The second-order valence-electron chi connectivity index (χ2n) is 3.45. The molecule has 0 spiro atoms. The third-order valence-electron chi connectivity index (χ3n) is 1.60. The third-order valence-corrected chi connectivity index (χ3v) is 1.60. The van der Waals surface area contributed by atoms with Crippen LogP contribution in [0.25, 0.3) is 0 Å². The number of carbonyl (C=O) groups is 1. The Morgan fingerprint density at radius 3 is 1.44 bits per heavy atom. The Labute approximate surface area is 55.2 Å². The zero-order valence-corrected chi connectivity index (χ0v) is 6.32. The molecule has 0 saturated carbocycles. The lowest BCUT2D eigenvalue weighted by molar-refractivity contribution is -0.218. The van der Waals surface area contributed by atoms with Gasteiger partial charge in [-0.15, -0.1) is 0 Å². The van der Waals surface area contributed by atoms with Crippen LogP contribution in [0.5, 0.6) is 0 Å². The van der Waals surface area contributed by atoms with Gasteiger partial charge in [-0.2, -0.15) is 0 Å². The van der Waals surface area contributed by atoms with E-state index in [9.17, 15) is 4.79 Å². The maximum absolute atomic E-state index is 11.1. The lowest BCUT2D eigenvalue weighted by Gasteiger charge is -2.46. The van der Waals surface area contributed by atoms with Crippen molar-refractivity contribution in [3.05, 3.63) is 0 Å². The van der Waals surface area contributed by atoms with Crippen LogP contribution in [0.4, 0.5) is 0 Å². The average molecular weight is 128 g/mol. The first-order chi connectivity index (χ1) is 3.86. The van der Waals surface area contributed by atoms with Crippen LogP contribution in [0.3, 0.4) is 0 Å². The zero-order valence-electron chi connectivity index (χ0n) is 6.32. The van der Waals surface area contributed by atoms with Crippen LogP contribution in [0, 0.1) is 0 Å². The van der Waals surface area contributed by atoms with Gasteiger partial charge in [0.05, 0.1) is 0 Å². The molecule has 0 aromatic heterocycles. The first-order valence-electron chi connectivity index (χ1n) is 3.11. The average Bonchev–Trinajstić information content (AvgIpc) is 1.63. The molecule has 1 aliphatic heterocycles. The van der Waals surface area contributed by atoms with E-state index in [1.807, 2.05) is 0 Å². The predicted octanol–water partition coefficient (Wildman–Crippen LogP) is 1.14. The van der Waals surface area contributed by atoms with Crippen molar-refractivity contribution < 1.29 is 9.53 Å². The van der Waals surface area contributed by atoms with Gasteiger partial charge < -0.3 is 4.74 Å². The van der Waals surface area contributed by atoms with Crippen LogP contribution < -0.4 is 0 Å². The molecule has 0 aromatic rings. The van der Waals surface area contributed by atoms with E-state index in [0.717, 1.165) is 0 Å². The quantitative estimate of drug-likeness (QED) is 0.489. The first-order valence-corrected chi connectivity index (χ1v) is 3.11. The van der Waals surface area contributed by atoms with E-state index in [2.05, 4.69) is 0 Å². The van der Waals surface area contributed by atoms with E-state index in [0.29, 0.717) is 0 Å². The normalized spacial score (nSPS) is 29.6. The maximum Gasteiger partial charge on any atom is 0.195 e. The zero-order chi connectivity index (χ0) is 7.28. The highest BCUT2D eigenvalue weighted by atomic mass is 16.6. The fourth-order valence-electron chi connectivity index (χ4n) is 1.41. The van der Waals surface area contributed by atoms with Gasteiger partial charge >= 0.3 is 0 Å². The lowest BCUT2D eigenvalue weighted by Crippen LogP contribution is -2.63. The topological polar surface area (TPSA) is 26.3 Å². The molecule has 0 aromatic carbocycles. The molecule has 0 bridgehead atoms. The molecule has 52 valence electrons. The van der Waals surface area contributed by atoms with Crippen LogP contribution in [-0.2, 0) is 9.53 Å². The Morgan fingerprint density at radius 1 is 1.11 bits per heavy atom. The van der Waals surface area contributed by atoms with Crippen molar-refractivity contribution in [3.8, 4) is 0 Å². The monoisotopic (exact) mass is 128 g/mol. The Hall–Kier alpha value is -0.370. The Balaban J connectivity index is 2.74. The van der Waals surface area contributed by atoms with Crippen LogP contribution in [0.2, 0.25) is 0 Å². The molecular weight excluding hydrogens is 116 g/mol. The van der Waals surface area contributed by atoms with Gasteiger partial charge in [0.25, 0.3) is 0 Å². The summed E-state index contributed by atoms with van der Waals surface area (Å²) in [7, 11) is 0. The summed E-state index contributed by atoms with van der Waals surface area (Å²) in [5.74, 6) is 0.190. The summed E-state index contributed by atoms with van der Waals surface area (Å²) in [6.07, 6.45) is 0. The molecule has 0 unspecified atom stereocenters. The molecule has 1 fully saturated rings. The van der Waals surface area contributed by atoms with Crippen molar-refractivity contribution in [2.75, 3.05) is 0 Å². The van der Waals surface area contributed by atoms with Crippen molar-refractivity contribution in [2.24, 2.45) is 0 Å². The van der Waals surface area contributed by atoms with E-state index >= 15 is 0 Å². The van der Waals surface area contributed by atoms with Crippen LogP contribution in [0.1, 0.15) is 27.7 Å². The minimum Gasteiger partial charge on any atom is -0.354 e. The summed E-state index contributed by atoms with van der Waals surface area (Å²) >= 11 is 0. The van der Waals surface area contributed by atoms with E-state index < -0.39 is 11.2 Å². The highest BCUT2D eigenvalue weighted by Gasteiger charge is 2.53. The van der Waals surface area contributed by atoms with Crippen LogP contribution in [0.15, 0.2) is 0 Å². The van der Waals surface area contributed by atoms with E-state index in [1.165, 1.54) is 0 Å². The summed E-state index contributed by atoms with van der Waals surface area (Å²) in [6, 6.07) is 0. The molecule has 0 N–H and O–H groups in total. The molecule has 0 atom stereocenters. The summed E-state index contributed by atoms with van der Waals surface area (Å²) < 4.78 is 5.28. The molecule has 1 saturated heterocycles. The highest BCUT2D eigenvalue weighted by molar-refractivity contribution is 5.98. The maximum atomic E-state index is 11.1. The van der Waals surface area contributed by atoms with Crippen LogP contribution in [-0.4, -0.2) is 17.0 Å². The molecular formula is C7H12O2. The fraction of sp³-hybridized carbons (Fsp3) is 0.857. The highest BCUT2D eigenvalue weighted by Crippen LogP contribution is 2.36. The summed E-state index contributed by atoms with van der Waals surface area (Å²) in [6.45, 7) is 7.17. The largest absolute Gasteiger partial charge is 0.354 e. The molecule has 9 heavy (non-hydrogen) atoms. The Morgan fingerprint density at radius 2 is 1.44 bits per heavy atom. The smallest absolute Gasteiger partial charge is 0.195 e. The van der Waals surface area contributed by atoms with E-state index in [1.54, 1.807) is 27.7 Å². The van der Waals surface area contributed by atoms with Crippen molar-refractivity contribution >= 4 is 5.78 Å². The van der Waals surface area contributed by atoms with Gasteiger partial charge in [-0.1, -0.05) is 0 Å². The number of ether oxygens (including phenoxy) is 1. The minimum atomic E-state index is -0.524. The minimum absolute atomic E-state index is 0.190. The molecule has 2 nitrogen and oxygen atoms in total. The van der Waals surface area contributed by atoms with Gasteiger partial charge in [0, 0.05) is 0 Å². The van der Waals surface area contributed by atoms with Gasteiger partial charge in [0.2, 0.25) is 0 Å². The molecule has 1 rings (SSSR count). The van der Waals surface area contributed by atoms with Gasteiger partial charge in [0.1, 0.15) is 11.2 Å². The van der Waals surface area contributed by atoms with E-state index in [-0.39, 0.29) is 5.78 Å². The van der Waals surface area contributed by atoms with Crippen molar-refractivity contribution in [1.29, 1.82) is 0 Å². The number of carbonyl (C=O) groups excluding carboxylic acids is 1. The van der Waals surface area contributed by atoms with Gasteiger partial charge in [0.15, 0.2) is 5.78 Å². The van der Waals surface area contributed by atoms with Gasteiger partial charge in [-0.05, 0) is 27.7 Å². The number of hydrogen-bond donors (Lipinski definition) is 0. The number of rotatable bonds is 0. The number of hydrogen-bond acceptors (Lipinski definition) is 2. The SMILES string of the molecule is CC1(C)OC(C)(C)C1=O. The third kappa shape index (κ3) is 0.778. The van der Waals surface area contributed by atoms with Gasteiger partial charge in [-0.3, -0.25) is 4.79 Å². The Bertz CT molecular complexity index is 140. The molecule has 1 aliphatic rings. The molecule has 1 heterocycles. The summed E-state index contributed by atoms with van der Waals surface area (Å²) in [5, 5.41) is 0. The second-order valence-corrected chi connectivity index (χ2v) is 3.45. The molecule has 0 amide bonds. The van der Waals surface area contributed by atoms with Crippen molar-refractivity contribution in [3.63, 3.8) is 0 Å². The lowest BCUT2D eigenvalue weighted by atomic mass is 9.83. The Kier molecular flexibility index (Phi) is 1.03. The van der Waals surface area contributed by atoms with Crippen molar-refractivity contribution in [2.45, 2.75) is 38.9 Å². The molecule has 2 heteroatoms. The van der Waals surface area contributed by atoms with E-state index in [4.69, 9.17) is 4.74 Å². The van der Waals surface area contributed by atoms with Crippen molar-refractivity contribution in [1.82, 2.24) is 0 Å². The molecule has 0 aliphatic carbocycles. The molecule has 0 radical (unpaired) electrons. The number of ketones is 1. The predicted molar refractivity (Wildman–Crippen MR) is 34.2 cm³/mol. The number of Topliss-reactive ketones (excluding diaryl/α,β-unsaturated/α-hetero) is 1.